The normalized spacial score (nSPS) is 10.6. The lowest BCUT2D eigenvalue weighted by Gasteiger charge is -2.19. The summed E-state index contributed by atoms with van der Waals surface area (Å²) in [5, 5.41) is 4.33. The van der Waals surface area contributed by atoms with Crippen LogP contribution in [0.2, 0.25) is 0 Å². The SMILES string of the molecule is CC(F)(F)c1csc(CC(=O)c2cccc(Oc3cccnc3)c2)n1.Cc1cccc(CC(=O)c2cc(F)cc(Oc3cncnc3)c2)n1.Cc1ccnc(CC(=O)c2cc(F)cc(N(C)c3cncnc3)c2)c1.Cc1ccnc(CC(=O)c2cc(F)cc(N(C)c3cncnc3)c2)c1.O=C(Cc1cc(Br)ccn1)c1cc(F)cc(Oc2cncnc2)c1.O=C(Cc1nccs1)c1cccc(Oc2cccnc2)c1. The number of thiazole rings is 2. The molecule has 0 saturated heterocycles. The minimum atomic E-state index is -3.00. The lowest BCUT2D eigenvalue weighted by Crippen LogP contribution is -2.12. The molecule has 28 nitrogen and oxygen atoms in total. The molecule has 0 atom stereocenters. The molecule has 0 aliphatic rings. The predicted molar refractivity (Wildman–Crippen MR) is 532 cm³/mol. The van der Waals surface area contributed by atoms with Gasteiger partial charge in [-0.2, -0.15) is 8.78 Å². The number of hydrogen-bond donors (Lipinski definition) is 0. The zero-order valence-electron chi connectivity index (χ0n) is 77.6. The minimum absolute atomic E-state index is 0.0292. The molecule has 724 valence electrons. The van der Waals surface area contributed by atoms with Crippen molar-refractivity contribution in [2.45, 2.75) is 72.1 Å². The number of aromatic nitrogens is 16. The van der Waals surface area contributed by atoms with Gasteiger partial charge in [-0.05, 0) is 190 Å². The third-order valence-corrected chi connectivity index (χ3v) is 22.3. The molecule has 0 bridgehead atoms. The van der Waals surface area contributed by atoms with Crippen molar-refractivity contribution in [3.05, 3.63) is 452 Å². The first-order valence-corrected chi connectivity index (χ1v) is 46.2. The van der Waals surface area contributed by atoms with Crippen molar-refractivity contribution >= 4 is 96.1 Å². The second kappa shape index (κ2) is 51.5. The Morgan fingerprint density at radius 3 is 1.10 bits per heavy atom. The number of nitrogens with zero attached hydrogens (tertiary/aromatic N) is 18. The Bertz CT molecular complexity index is 7110. The minimum Gasteiger partial charge on any atom is -0.456 e. The molecular weight excluding hydrogens is 1960 g/mol. The summed E-state index contributed by atoms with van der Waals surface area (Å²) in [6, 6.07) is 53.6. The van der Waals surface area contributed by atoms with Crippen molar-refractivity contribution in [2.75, 3.05) is 23.9 Å². The third-order valence-electron chi connectivity index (χ3n) is 20.2. The van der Waals surface area contributed by atoms with E-state index in [-0.39, 0.29) is 95.1 Å². The lowest BCUT2D eigenvalue weighted by molar-refractivity contribution is 0.0132. The van der Waals surface area contributed by atoms with E-state index < -0.39 is 29.2 Å². The van der Waals surface area contributed by atoms with Crippen LogP contribution in [0, 0.1) is 44.0 Å². The van der Waals surface area contributed by atoms with Crippen LogP contribution >= 0.6 is 38.6 Å². The highest BCUT2D eigenvalue weighted by Crippen LogP contribution is 2.34. The van der Waals surface area contributed by atoms with Crippen LogP contribution in [0.15, 0.2) is 340 Å². The number of aryl methyl sites for hydroxylation is 3. The highest BCUT2D eigenvalue weighted by Gasteiger charge is 2.29. The lowest BCUT2D eigenvalue weighted by atomic mass is 10.0. The van der Waals surface area contributed by atoms with Crippen LogP contribution < -0.4 is 28.7 Å². The number of hydrogen-bond acceptors (Lipinski definition) is 30. The van der Waals surface area contributed by atoms with Crippen LogP contribution in [0.5, 0.6) is 46.0 Å². The zero-order valence-corrected chi connectivity index (χ0v) is 80.8. The Kier molecular flexibility index (Phi) is 37.2. The van der Waals surface area contributed by atoms with Gasteiger partial charge in [0.15, 0.2) is 46.2 Å². The Hall–Kier alpha value is -17.3. The van der Waals surface area contributed by atoms with Crippen LogP contribution in [0.25, 0.3) is 0 Å². The van der Waals surface area contributed by atoms with E-state index in [1.165, 1.54) is 127 Å². The average molecular weight is 2040 g/mol. The smallest absolute Gasteiger partial charge is 0.287 e. The number of carbonyl (C=O) groups excluding carboxylic acids is 6. The number of benzene rings is 6. The molecule has 6 aromatic carbocycles. The molecule has 12 heterocycles. The van der Waals surface area contributed by atoms with E-state index in [1.807, 2.05) is 74.7 Å². The predicted octanol–water partition coefficient (Wildman–Crippen LogP) is 23.2. The number of rotatable bonds is 31. The molecular formula is C107H85BrF6N18O10S2. The molecule has 0 aliphatic carbocycles. The molecule has 0 spiro atoms. The standard InChI is InChI=1S/2C19H17FN4O.C18H14F2N2O2S.C18H14FN3O2.C17H11BrFN3O2.C16H12N2O2S/c2*1-13-3-4-23-16(5-13)9-19(25)14-6-15(20)8-17(7-14)24(2)18-10-21-12-22-11-18;1-18(19,20)16-11-25-17(22-16)9-15(23)12-4-2-5-13(8-12)24-14-6-3-7-21-10-14;1-12-3-2-4-15(22-12)8-18(23)13-5-14(19)7-16(6-13)24-17-9-20-11-21-10-17;18-12-1-2-22-14(5-12)7-17(23)11-3-13(19)6-15(4-11)24-16-8-20-10-21-9-16;19-15(10-16-18-7-8-21-16)12-3-1-4-13(9-12)20-14-5-2-6-17-11-14/h2*3-8,10-12H,9H2,1-2H3;2-8,10-11H,9H2,1H3;2-7,9-11H,8H2,1H3;1-6,8-10H,7H2;1-9,11H,10H2. The number of pyridine rings is 6. The van der Waals surface area contributed by atoms with Crippen LogP contribution in [0.4, 0.5) is 49.1 Å². The number of Topliss-reactive ketones (excluding diaryl/α,β-unsaturated/α-hetero) is 6. The van der Waals surface area contributed by atoms with E-state index in [9.17, 15) is 55.1 Å². The van der Waals surface area contributed by atoms with Gasteiger partial charge in [-0.3, -0.25) is 58.7 Å². The number of halogens is 7. The first-order valence-electron chi connectivity index (χ1n) is 43.7. The highest BCUT2D eigenvalue weighted by molar-refractivity contribution is 9.10. The van der Waals surface area contributed by atoms with E-state index >= 15 is 0 Å². The van der Waals surface area contributed by atoms with Gasteiger partial charge in [-0.25, -0.2) is 67.4 Å². The third kappa shape index (κ3) is 32.9. The molecule has 12 aromatic heterocycles. The van der Waals surface area contributed by atoms with Gasteiger partial charge < -0.3 is 28.7 Å². The summed E-state index contributed by atoms with van der Waals surface area (Å²) in [5.74, 6) is -2.64. The van der Waals surface area contributed by atoms with Gasteiger partial charge in [0.25, 0.3) is 5.92 Å². The first kappa shape index (κ1) is 104. The second-order valence-electron chi connectivity index (χ2n) is 31.5. The molecule has 0 fully saturated rings. The summed E-state index contributed by atoms with van der Waals surface area (Å²) in [4.78, 5) is 142. The van der Waals surface area contributed by atoms with Gasteiger partial charge in [0.2, 0.25) is 0 Å². The van der Waals surface area contributed by atoms with Crippen LogP contribution in [0.1, 0.15) is 124 Å². The van der Waals surface area contributed by atoms with Gasteiger partial charge in [0, 0.05) is 159 Å². The van der Waals surface area contributed by atoms with Crippen molar-refractivity contribution in [3.63, 3.8) is 0 Å². The number of carbonyl (C=O) groups is 6. The van der Waals surface area contributed by atoms with E-state index in [2.05, 4.69) is 95.7 Å². The van der Waals surface area contributed by atoms with Gasteiger partial charge in [-0.15, -0.1) is 22.7 Å². The van der Waals surface area contributed by atoms with Crippen LogP contribution in [0.3, 0.4) is 0 Å². The van der Waals surface area contributed by atoms with Gasteiger partial charge in [0.1, 0.15) is 98.8 Å². The summed E-state index contributed by atoms with van der Waals surface area (Å²) in [5.41, 5.74) is 9.75. The van der Waals surface area contributed by atoms with Crippen molar-refractivity contribution in [1.29, 1.82) is 0 Å². The molecule has 0 N–H and O–H groups in total. The fourth-order valence-corrected chi connectivity index (χ4v) is 15.1. The second-order valence-corrected chi connectivity index (χ2v) is 34.3. The Labute approximate surface area is 838 Å². The first-order chi connectivity index (χ1) is 69.5. The number of ether oxygens (including phenoxy) is 4. The molecule has 37 heteroatoms. The summed E-state index contributed by atoms with van der Waals surface area (Å²) >= 11 is 5.86. The summed E-state index contributed by atoms with van der Waals surface area (Å²) in [6.45, 7) is 6.51. The number of alkyl halides is 2. The molecule has 18 rings (SSSR count). The highest BCUT2D eigenvalue weighted by atomic mass is 79.9. The topological polar surface area (TPSA) is 352 Å². The van der Waals surface area contributed by atoms with Crippen molar-refractivity contribution in [3.8, 4) is 46.0 Å². The van der Waals surface area contributed by atoms with Gasteiger partial charge in [0.05, 0.1) is 112 Å². The van der Waals surface area contributed by atoms with E-state index in [1.54, 1.807) is 189 Å². The quantitative estimate of drug-likeness (QED) is 0.0288. The molecule has 0 amide bonds. The fourth-order valence-electron chi connectivity index (χ4n) is 13.3. The Morgan fingerprint density at radius 2 is 0.701 bits per heavy atom. The van der Waals surface area contributed by atoms with E-state index in [0.717, 1.165) is 44.6 Å². The van der Waals surface area contributed by atoms with Gasteiger partial charge >= 0.3 is 0 Å². The summed E-state index contributed by atoms with van der Waals surface area (Å²) in [6.07, 6.45) is 31.7. The van der Waals surface area contributed by atoms with Crippen molar-refractivity contribution in [2.24, 2.45) is 0 Å². The molecule has 0 radical (unpaired) electrons. The molecule has 0 aliphatic heterocycles. The van der Waals surface area contributed by atoms with Gasteiger partial charge in [-0.1, -0.05) is 46.3 Å². The molecule has 0 unspecified atom stereocenters. The Balaban J connectivity index is 0.000000145. The van der Waals surface area contributed by atoms with Crippen LogP contribution in [-0.2, 0) is 44.4 Å². The molecule has 18 aromatic rings. The summed E-state index contributed by atoms with van der Waals surface area (Å²) < 4.78 is 105. The molecule has 0 saturated carbocycles. The monoisotopic (exact) mass is 2040 g/mol. The van der Waals surface area contributed by atoms with Crippen molar-refractivity contribution < 1.29 is 74.1 Å². The summed E-state index contributed by atoms with van der Waals surface area (Å²) in [7, 11) is 3.54. The van der Waals surface area contributed by atoms with Crippen molar-refractivity contribution in [1.82, 2.24) is 79.7 Å². The average Bonchev–Trinajstić information content (AvgIpc) is 1.26. The maximum atomic E-state index is 14.0. The number of anilines is 4. The number of ketones is 6. The zero-order chi connectivity index (χ0) is 102. The Morgan fingerprint density at radius 1 is 0.326 bits per heavy atom. The van der Waals surface area contributed by atoms with Crippen LogP contribution in [-0.4, -0.2) is 129 Å². The van der Waals surface area contributed by atoms with E-state index in [0.29, 0.717) is 114 Å². The maximum Gasteiger partial charge on any atom is 0.287 e. The van der Waals surface area contributed by atoms with E-state index in [4.69, 9.17) is 18.9 Å². The largest absolute Gasteiger partial charge is 0.456 e. The maximum absolute atomic E-state index is 14.0. The fraction of sp³-hybridized carbons (Fsp3) is 0.121. The molecule has 144 heavy (non-hydrogen) atoms.